The quantitative estimate of drug-likeness (QED) is 0.553. The predicted molar refractivity (Wildman–Crippen MR) is 122 cm³/mol. The van der Waals surface area contributed by atoms with E-state index in [1.54, 1.807) is 30.3 Å². The number of benzene rings is 2. The fourth-order valence-electron chi connectivity index (χ4n) is 3.42. The van der Waals surface area contributed by atoms with Crippen molar-refractivity contribution in [2.75, 3.05) is 17.9 Å². The van der Waals surface area contributed by atoms with Crippen LogP contribution in [0, 0.1) is 5.92 Å². The zero-order chi connectivity index (χ0) is 22.6. The first-order valence-corrected chi connectivity index (χ1v) is 11.6. The van der Waals surface area contributed by atoms with Crippen LogP contribution in [0.15, 0.2) is 83.1 Å². The molecule has 0 aliphatic carbocycles. The normalized spacial score (nSPS) is 15.7. The van der Waals surface area contributed by atoms with Crippen LogP contribution in [0.25, 0.3) is 0 Å². The summed E-state index contributed by atoms with van der Waals surface area (Å²) < 4.78 is 26.7. The summed E-state index contributed by atoms with van der Waals surface area (Å²) in [4.78, 5) is 20.7. The summed E-state index contributed by atoms with van der Waals surface area (Å²) in [5.74, 6) is 0.171. The van der Waals surface area contributed by atoms with Gasteiger partial charge in [-0.3, -0.25) is 4.79 Å². The van der Waals surface area contributed by atoms with Gasteiger partial charge >= 0.3 is 0 Å². The van der Waals surface area contributed by atoms with E-state index in [0.29, 0.717) is 12.1 Å². The Balaban J connectivity index is 1.34. The highest BCUT2D eigenvalue weighted by Crippen LogP contribution is 2.21. The zero-order valence-corrected chi connectivity index (χ0v) is 18.4. The van der Waals surface area contributed by atoms with E-state index in [0.717, 1.165) is 22.7 Å². The maximum absolute atomic E-state index is 12.8. The molecule has 4 rings (SSSR count). The summed E-state index contributed by atoms with van der Waals surface area (Å²) >= 11 is 0. The third-order valence-corrected chi connectivity index (χ3v) is 7.05. The Kier molecular flexibility index (Phi) is 6.27. The van der Waals surface area contributed by atoms with Gasteiger partial charge in [0.1, 0.15) is 0 Å². The van der Waals surface area contributed by atoms with Crippen LogP contribution in [0.4, 0.5) is 5.95 Å². The molecule has 1 aromatic heterocycles. The summed E-state index contributed by atoms with van der Waals surface area (Å²) in [6.45, 7) is 0.544. The van der Waals surface area contributed by atoms with Gasteiger partial charge in [-0.15, -0.1) is 0 Å². The third kappa shape index (κ3) is 4.67. The minimum Gasteiger partial charge on any atom is -0.267 e. The number of hydrogen-bond donors (Lipinski definition) is 0. The molecule has 1 amide bonds. The average Bonchev–Trinajstić information content (AvgIpc) is 3.32. The lowest BCUT2D eigenvalue weighted by atomic mass is 10.0. The lowest BCUT2D eigenvalue weighted by Gasteiger charge is -2.17. The monoisotopic (exact) mass is 449 g/mol. The summed E-state index contributed by atoms with van der Waals surface area (Å²) in [7, 11) is -2.31. The third-order valence-electron chi connectivity index (χ3n) is 5.30. The number of anilines is 1. The zero-order valence-electron chi connectivity index (χ0n) is 17.6. The molecule has 1 aliphatic rings. The van der Waals surface area contributed by atoms with E-state index in [9.17, 15) is 13.2 Å². The molecule has 32 heavy (non-hydrogen) atoms. The molecule has 9 heteroatoms. The molecule has 3 aromatic rings. The maximum atomic E-state index is 12.8. The fraction of sp³-hybridized carbons (Fsp3) is 0.217. The second kappa shape index (κ2) is 9.27. The molecular formula is C23H23N5O3S. The van der Waals surface area contributed by atoms with Gasteiger partial charge in [0.15, 0.2) is 0 Å². The predicted octanol–water partition coefficient (Wildman–Crippen LogP) is 2.99. The van der Waals surface area contributed by atoms with E-state index in [1.807, 2.05) is 36.5 Å². The van der Waals surface area contributed by atoms with Crippen LogP contribution in [0.3, 0.4) is 0 Å². The first kappa shape index (κ1) is 21.6. The highest BCUT2D eigenvalue weighted by molar-refractivity contribution is 7.92. The van der Waals surface area contributed by atoms with Crippen molar-refractivity contribution in [3.63, 3.8) is 0 Å². The van der Waals surface area contributed by atoms with Crippen molar-refractivity contribution in [1.29, 1.82) is 0 Å². The van der Waals surface area contributed by atoms with Gasteiger partial charge in [0.25, 0.3) is 15.9 Å². The SMILES string of the molecule is CN(c1ncccn1)S(=O)(=O)c1ccc(CCC2C=NN(C(=O)c3ccccc3)C2)cc1. The number of hydrogen-bond acceptors (Lipinski definition) is 6. The smallest absolute Gasteiger partial charge is 0.267 e. The number of hydrazone groups is 1. The molecule has 1 unspecified atom stereocenters. The number of aromatic nitrogens is 2. The molecule has 2 heterocycles. The molecule has 0 saturated carbocycles. The van der Waals surface area contributed by atoms with Crippen molar-refractivity contribution in [3.05, 3.63) is 84.2 Å². The number of amides is 1. The van der Waals surface area contributed by atoms with Crippen molar-refractivity contribution >= 4 is 28.1 Å². The molecule has 0 fully saturated rings. The molecule has 0 spiro atoms. The van der Waals surface area contributed by atoms with E-state index < -0.39 is 10.0 Å². The maximum Gasteiger partial charge on any atom is 0.273 e. The Morgan fingerprint density at radius 2 is 1.72 bits per heavy atom. The van der Waals surface area contributed by atoms with Gasteiger partial charge in [-0.05, 0) is 48.7 Å². The molecular weight excluding hydrogens is 426 g/mol. The number of aryl methyl sites for hydroxylation is 1. The fourth-order valence-corrected chi connectivity index (χ4v) is 4.53. The van der Waals surface area contributed by atoms with Gasteiger partial charge in [-0.25, -0.2) is 27.7 Å². The van der Waals surface area contributed by atoms with Crippen molar-refractivity contribution in [3.8, 4) is 0 Å². The van der Waals surface area contributed by atoms with Gasteiger partial charge in [0, 0.05) is 37.1 Å². The molecule has 1 aliphatic heterocycles. The van der Waals surface area contributed by atoms with Gasteiger partial charge in [-0.2, -0.15) is 5.10 Å². The van der Waals surface area contributed by atoms with Crippen molar-refractivity contribution in [2.45, 2.75) is 17.7 Å². The topological polar surface area (TPSA) is 95.8 Å². The molecule has 0 saturated heterocycles. The molecule has 8 nitrogen and oxygen atoms in total. The molecule has 0 radical (unpaired) electrons. The Morgan fingerprint density at radius 3 is 2.41 bits per heavy atom. The largest absolute Gasteiger partial charge is 0.273 e. The molecule has 164 valence electrons. The summed E-state index contributed by atoms with van der Waals surface area (Å²) in [6.07, 6.45) is 6.37. The van der Waals surface area contributed by atoms with E-state index in [1.165, 1.54) is 24.5 Å². The van der Waals surface area contributed by atoms with Gasteiger partial charge in [0.05, 0.1) is 11.4 Å². The van der Waals surface area contributed by atoms with Crippen LogP contribution in [-0.2, 0) is 16.4 Å². The Morgan fingerprint density at radius 1 is 1.03 bits per heavy atom. The van der Waals surface area contributed by atoms with Crippen molar-refractivity contribution in [1.82, 2.24) is 15.0 Å². The average molecular weight is 450 g/mol. The minimum absolute atomic E-state index is 0.106. The van der Waals surface area contributed by atoms with Crippen LogP contribution >= 0.6 is 0 Å². The molecule has 2 aromatic carbocycles. The number of rotatable bonds is 7. The Labute approximate surface area is 187 Å². The highest BCUT2D eigenvalue weighted by atomic mass is 32.2. The van der Waals surface area contributed by atoms with Gasteiger partial charge < -0.3 is 0 Å². The van der Waals surface area contributed by atoms with Crippen molar-refractivity contribution < 1.29 is 13.2 Å². The van der Waals surface area contributed by atoms with Crippen molar-refractivity contribution in [2.24, 2.45) is 11.0 Å². The lowest BCUT2D eigenvalue weighted by molar-refractivity contribution is 0.0767. The summed E-state index contributed by atoms with van der Waals surface area (Å²) in [6, 6.07) is 17.5. The van der Waals surface area contributed by atoms with Gasteiger partial charge in [-0.1, -0.05) is 30.3 Å². The highest BCUT2D eigenvalue weighted by Gasteiger charge is 2.25. The first-order chi connectivity index (χ1) is 15.4. The van der Waals surface area contributed by atoms with Crippen LogP contribution in [-0.4, -0.2) is 49.1 Å². The van der Waals surface area contributed by atoms with E-state index in [-0.39, 0.29) is 22.7 Å². The Hall–Kier alpha value is -3.59. The second-order valence-corrected chi connectivity index (χ2v) is 9.45. The number of nitrogens with zero attached hydrogens (tertiary/aromatic N) is 5. The van der Waals surface area contributed by atoms with Gasteiger partial charge in [0.2, 0.25) is 5.95 Å². The second-order valence-electron chi connectivity index (χ2n) is 7.48. The minimum atomic E-state index is -3.74. The standard InChI is InChI=1S/C23H23N5O3S/c1-27(23-24-14-5-15-25-23)32(30,31)21-12-10-18(11-13-21)8-9-19-16-26-28(17-19)22(29)20-6-3-2-4-7-20/h2-7,10-16,19H,8-9,17H2,1H3. The molecule has 0 bridgehead atoms. The van der Waals surface area contributed by atoms with E-state index >= 15 is 0 Å². The van der Waals surface area contributed by atoms with Crippen LogP contribution in [0.1, 0.15) is 22.3 Å². The summed E-state index contributed by atoms with van der Waals surface area (Å²) in [5.41, 5.74) is 1.64. The lowest BCUT2D eigenvalue weighted by Crippen LogP contribution is -2.28. The molecule has 0 N–H and O–H groups in total. The van der Waals surface area contributed by atoms with Crippen LogP contribution in [0.5, 0.6) is 0 Å². The van der Waals surface area contributed by atoms with Crippen LogP contribution in [0.2, 0.25) is 0 Å². The summed E-state index contributed by atoms with van der Waals surface area (Å²) in [5, 5.41) is 5.76. The number of sulfonamides is 1. The number of carbonyl (C=O) groups excluding carboxylic acids is 1. The first-order valence-electron chi connectivity index (χ1n) is 10.2. The van der Waals surface area contributed by atoms with E-state index in [4.69, 9.17) is 0 Å². The molecule has 1 atom stereocenters. The van der Waals surface area contributed by atoms with E-state index in [2.05, 4.69) is 15.1 Å². The number of carbonyl (C=O) groups is 1. The Bertz CT molecular complexity index is 1200. The van der Waals surface area contributed by atoms with Crippen LogP contribution < -0.4 is 4.31 Å².